The predicted molar refractivity (Wildman–Crippen MR) is 110 cm³/mol. The van der Waals surface area contributed by atoms with Crippen molar-refractivity contribution in [3.05, 3.63) is 76.9 Å². The smallest absolute Gasteiger partial charge is 0.336 e. The number of pyridine rings is 1. The number of piperazine rings is 1. The number of aromatic nitrogens is 1. The van der Waals surface area contributed by atoms with Crippen LogP contribution in [0.4, 0.5) is 13.2 Å². The molecule has 0 saturated carbocycles. The van der Waals surface area contributed by atoms with Gasteiger partial charge in [-0.25, -0.2) is 0 Å². The summed E-state index contributed by atoms with van der Waals surface area (Å²) in [4.78, 5) is 22.4. The number of rotatable bonds is 4. The number of amides is 1. The number of hydrogen-bond donors (Lipinski definition) is 0. The predicted octanol–water partition coefficient (Wildman–Crippen LogP) is 4.79. The summed E-state index contributed by atoms with van der Waals surface area (Å²) in [6, 6.07) is 16.6. The van der Waals surface area contributed by atoms with Gasteiger partial charge in [0.2, 0.25) is 0 Å². The molecule has 0 bridgehead atoms. The van der Waals surface area contributed by atoms with Crippen LogP contribution >= 0.6 is 11.3 Å². The lowest BCUT2D eigenvalue weighted by Gasteiger charge is -2.34. The van der Waals surface area contributed by atoms with Gasteiger partial charge in [-0.05, 0) is 29.8 Å². The zero-order chi connectivity index (χ0) is 21.1. The fourth-order valence-corrected chi connectivity index (χ4v) is 4.48. The summed E-state index contributed by atoms with van der Waals surface area (Å²) >= 11 is 1.76. The first-order valence-electron chi connectivity index (χ1n) is 9.59. The fraction of sp³-hybridized carbons (Fsp3) is 0.273. The Bertz CT molecular complexity index is 994. The van der Waals surface area contributed by atoms with E-state index in [0.29, 0.717) is 13.1 Å². The summed E-state index contributed by atoms with van der Waals surface area (Å²) in [6.45, 7) is 3.34. The molecule has 0 radical (unpaired) electrons. The van der Waals surface area contributed by atoms with Crippen LogP contribution in [0.5, 0.6) is 0 Å². The Labute approximate surface area is 176 Å². The molecule has 156 valence electrons. The van der Waals surface area contributed by atoms with Gasteiger partial charge in [0, 0.05) is 48.7 Å². The van der Waals surface area contributed by atoms with Crippen LogP contribution < -0.4 is 0 Å². The van der Waals surface area contributed by atoms with Gasteiger partial charge >= 0.3 is 6.18 Å². The van der Waals surface area contributed by atoms with Gasteiger partial charge in [-0.3, -0.25) is 14.7 Å². The third-order valence-electron chi connectivity index (χ3n) is 5.06. The van der Waals surface area contributed by atoms with Crippen LogP contribution in [0.1, 0.15) is 20.9 Å². The van der Waals surface area contributed by atoms with Crippen molar-refractivity contribution < 1.29 is 18.0 Å². The number of carbonyl (C=O) groups is 1. The summed E-state index contributed by atoms with van der Waals surface area (Å²) in [7, 11) is 0. The van der Waals surface area contributed by atoms with Crippen molar-refractivity contribution in [3.63, 3.8) is 0 Å². The highest BCUT2D eigenvalue weighted by Crippen LogP contribution is 2.29. The van der Waals surface area contributed by atoms with Crippen LogP contribution in [0.2, 0.25) is 0 Å². The van der Waals surface area contributed by atoms with E-state index in [1.54, 1.807) is 16.2 Å². The number of thiophene rings is 1. The number of hydrogen-bond acceptors (Lipinski definition) is 4. The average Bonchev–Trinajstić information content (AvgIpc) is 3.22. The van der Waals surface area contributed by atoms with E-state index in [4.69, 9.17) is 0 Å². The van der Waals surface area contributed by atoms with E-state index in [0.717, 1.165) is 31.9 Å². The van der Waals surface area contributed by atoms with E-state index in [1.807, 2.05) is 18.2 Å². The molecule has 1 amide bonds. The number of carbonyl (C=O) groups excluding carboxylic acids is 1. The molecular formula is C22H20F3N3OS. The van der Waals surface area contributed by atoms with Gasteiger partial charge in [-0.1, -0.05) is 30.3 Å². The van der Waals surface area contributed by atoms with Crippen molar-refractivity contribution >= 4 is 17.2 Å². The van der Waals surface area contributed by atoms with Crippen molar-refractivity contribution in [2.75, 3.05) is 26.2 Å². The Morgan fingerprint density at radius 2 is 1.70 bits per heavy atom. The average molecular weight is 431 g/mol. The van der Waals surface area contributed by atoms with E-state index in [9.17, 15) is 18.0 Å². The highest BCUT2D eigenvalue weighted by molar-refractivity contribution is 7.15. The molecule has 1 saturated heterocycles. The molecule has 4 nitrogen and oxygen atoms in total. The third kappa shape index (κ3) is 4.71. The number of nitrogens with zero attached hydrogens (tertiary/aromatic N) is 3. The van der Waals surface area contributed by atoms with E-state index < -0.39 is 11.9 Å². The first-order valence-corrected chi connectivity index (χ1v) is 10.4. The topological polar surface area (TPSA) is 36.4 Å². The minimum atomic E-state index is -4.50. The van der Waals surface area contributed by atoms with E-state index in [-0.39, 0.29) is 11.5 Å². The van der Waals surface area contributed by atoms with Gasteiger partial charge < -0.3 is 4.90 Å². The lowest BCUT2D eigenvalue weighted by molar-refractivity contribution is -0.141. The lowest BCUT2D eigenvalue weighted by atomic mass is 10.2. The molecular weight excluding hydrogens is 411 g/mol. The van der Waals surface area contributed by atoms with Crippen LogP contribution in [0.15, 0.2) is 60.8 Å². The molecule has 1 fully saturated rings. The largest absolute Gasteiger partial charge is 0.433 e. The Morgan fingerprint density at radius 1 is 0.967 bits per heavy atom. The molecule has 1 aliphatic rings. The van der Waals surface area contributed by atoms with Crippen LogP contribution in [-0.2, 0) is 12.7 Å². The molecule has 1 aliphatic heterocycles. The second-order valence-electron chi connectivity index (χ2n) is 7.13. The Morgan fingerprint density at radius 3 is 2.33 bits per heavy atom. The highest BCUT2D eigenvalue weighted by atomic mass is 32.1. The minimum absolute atomic E-state index is 0.183. The Kier molecular flexibility index (Phi) is 5.87. The summed E-state index contributed by atoms with van der Waals surface area (Å²) < 4.78 is 37.9. The third-order valence-corrected chi connectivity index (χ3v) is 6.18. The van der Waals surface area contributed by atoms with Crippen LogP contribution in [-0.4, -0.2) is 46.9 Å². The molecule has 4 rings (SSSR count). The van der Waals surface area contributed by atoms with E-state index in [2.05, 4.69) is 34.1 Å². The minimum Gasteiger partial charge on any atom is -0.336 e. The molecule has 1 aromatic carbocycles. The van der Waals surface area contributed by atoms with Crippen molar-refractivity contribution in [3.8, 4) is 10.4 Å². The van der Waals surface area contributed by atoms with Crippen LogP contribution in [0, 0.1) is 0 Å². The molecule has 3 aromatic rings. The van der Waals surface area contributed by atoms with Crippen LogP contribution in [0.25, 0.3) is 10.4 Å². The summed E-state index contributed by atoms with van der Waals surface area (Å²) in [5.74, 6) is -0.279. The number of alkyl halides is 3. The monoisotopic (exact) mass is 431 g/mol. The Hall–Kier alpha value is -2.71. The normalized spacial score (nSPS) is 15.4. The maximum atomic E-state index is 12.6. The maximum absolute atomic E-state index is 12.6. The summed E-state index contributed by atoms with van der Waals surface area (Å²) in [5.41, 5.74) is 0.395. The van der Waals surface area contributed by atoms with Crippen molar-refractivity contribution in [2.24, 2.45) is 0 Å². The van der Waals surface area contributed by atoms with E-state index in [1.165, 1.54) is 21.4 Å². The molecule has 0 atom stereocenters. The number of benzene rings is 1. The van der Waals surface area contributed by atoms with Crippen molar-refractivity contribution in [1.29, 1.82) is 0 Å². The molecule has 0 N–H and O–H groups in total. The summed E-state index contributed by atoms with van der Waals surface area (Å²) in [5, 5.41) is 0. The molecule has 2 aromatic heterocycles. The van der Waals surface area contributed by atoms with Crippen LogP contribution in [0.3, 0.4) is 0 Å². The van der Waals surface area contributed by atoms with Gasteiger partial charge in [0.1, 0.15) is 5.69 Å². The summed E-state index contributed by atoms with van der Waals surface area (Å²) in [6.07, 6.45) is -3.50. The van der Waals surface area contributed by atoms with Gasteiger partial charge in [0.15, 0.2) is 0 Å². The van der Waals surface area contributed by atoms with Gasteiger partial charge in [-0.2, -0.15) is 13.2 Å². The number of halogens is 3. The zero-order valence-electron chi connectivity index (χ0n) is 16.1. The molecule has 0 spiro atoms. The van der Waals surface area contributed by atoms with E-state index >= 15 is 0 Å². The Balaban J connectivity index is 1.32. The first kappa shape index (κ1) is 20.6. The maximum Gasteiger partial charge on any atom is 0.433 e. The van der Waals surface area contributed by atoms with Crippen molar-refractivity contribution in [2.45, 2.75) is 12.7 Å². The second-order valence-corrected chi connectivity index (χ2v) is 8.30. The molecule has 0 unspecified atom stereocenters. The molecule has 0 aliphatic carbocycles. The van der Waals surface area contributed by atoms with Gasteiger partial charge in [-0.15, -0.1) is 11.3 Å². The first-order chi connectivity index (χ1) is 14.4. The van der Waals surface area contributed by atoms with Crippen molar-refractivity contribution in [1.82, 2.24) is 14.8 Å². The van der Waals surface area contributed by atoms with Gasteiger partial charge in [0.25, 0.3) is 5.91 Å². The fourth-order valence-electron chi connectivity index (χ4n) is 3.42. The SMILES string of the molecule is O=C(c1ccc(C(F)(F)F)nc1)N1CCN(Cc2ccc(-c3ccccc3)s2)CC1. The quantitative estimate of drug-likeness (QED) is 0.596. The second kappa shape index (κ2) is 8.57. The zero-order valence-corrected chi connectivity index (χ0v) is 16.9. The standard InChI is InChI=1S/C22H20F3N3OS/c23-22(24,25)20-9-6-17(14-26-20)21(29)28-12-10-27(11-13-28)15-18-7-8-19(30-18)16-4-2-1-3-5-16/h1-9,14H,10-13,15H2. The molecule has 30 heavy (non-hydrogen) atoms. The molecule has 3 heterocycles. The molecule has 8 heteroatoms. The van der Waals surface area contributed by atoms with Gasteiger partial charge in [0.05, 0.1) is 5.56 Å². The lowest BCUT2D eigenvalue weighted by Crippen LogP contribution is -2.48. The highest BCUT2D eigenvalue weighted by Gasteiger charge is 2.32.